The molecule has 1 heterocycles. The highest BCUT2D eigenvalue weighted by Gasteiger charge is 2.50. The minimum atomic E-state index is -2.63. The third kappa shape index (κ3) is 6.34. The van der Waals surface area contributed by atoms with Crippen LogP contribution < -0.4 is 9.47 Å². The van der Waals surface area contributed by atoms with Crippen molar-refractivity contribution in [3.8, 4) is 11.5 Å². The number of hydrogen-bond donors (Lipinski definition) is 2. The van der Waals surface area contributed by atoms with E-state index in [2.05, 4.69) is 0 Å². The fourth-order valence-corrected chi connectivity index (χ4v) is 2.26. The summed E-state index contributed by atoms with van der Waals surface area (Å²) >= 11 is 0. The van der Waals surface area contributed by atoms with Gasteiger partial charge in [-0.1, -0.05) is 12.1 Å². The van der Waals surface area contributed by atoms with E-state index in [1.807, 2.05) is 0 Å². The summed E-state index contributed by atoms with van der Waals surface area (Å²) in [5, 5.41) is 19.1. The van der Waals surface area contributed by atoms with Gasteiger partial charge in [0.15, 0.2) is 11.5 Å². The summed E-state index contributed by atoms with van der Waals surface area (Å²) in [6.07, 6.45) is 0. The SMILES string of the molecule is O=C(O)C1(C(=O)O)COCCOCCOCCOCCOc2ccccc2O1. The first-order chi connectivity index (χ1) is 13.6. The number of carboxylic acid groups (broad SMARTS) is 2. The number of carbonyl (C=O) groups is 2. The van der Waals surface area contributed by atoms with E-state index in [9.17, 15) is 19.8 Å². The molecule has 2 N–H and O–H groups in total. The molecule has 0 bridgehead atoms. The zero-order valence-corrected chi connectivity index (χ0v) is 15.3. The number of para-hydroxylation sites is 2. The van der Waals surface area contributed by atoms with E-state index in [-0.39, 0.29) is 37.9 Å². The van der Waals surface area contributed by atoms with Crippen molar-refractivity contribution in [2.45, 2.75) is 5.60 Å². The maximum Gasteiger partial charge on any atom is 0.362 e. The van der Waals surface area contributed by atoms with Gasteiger partial charge in [-0.25, -0.2) is 9.59 Å². The lowest BCUT2D eigenvalue weighted by Gasteiger charge is -2.27. The lowest BCUT2D eigenvalue weighted by atomic mass is 10.1. The van der Waals surface area contributed by atoms with Crippen LogP contribution in [0, 0.1) is 0 Å². The van der Waals surface area contributed by atoms with Crippen LogP contribution in [0.5, 0.6) is 11.5 Å². The van der Waals surface area contributed by atoms with E-state index in [1.165, 1.54) is 6.07 Å². The monoisotopic (exact) mass is 400 g/mol. The lowest BCUT2D eigenvalue weighted by Crippen LogP contribution is -2.55. The molecule has 1 aliphatic rings. The Morgan fingerprint density at radius 1 is 0.714 bits per heavy atom. The number of fused-ring (bicyclic) bond motifs is 1. The third-order valence-corrected chi connectivity index (χ3v) is 3.73. The Morgan fingerprint density at radius 3 is 1.71 bits per heavy atom. The summed E-state index contributed by atoms with van der Waals surface area (Å²) in [6.45, 7) is 1.33. The number of aliphatic carboxylic acids is 2. The molecule has 0 saturated carbocycles. The van der Waals surface area contributed by atoms with Crippen molar-refractivity contribution in [3.63, 3.8) is 0 Å². The summed E-state index contributed by atoms with van der Waals surface area (Å²) in [7, 11) is 0. The highest BCUT2D eigenvalue weighted by atomic mass is 16.6. The molecule has 10 heteroatoms. The van der Waals surface area contributed by atoms with Crippen molar-refractivity contribution in [3.05, 3.63) is 24.3 Å². The Morgan fingerprint density at radius 2 is 1.18 bits per heavy atom. The maximum absolute atomic E-state index is 11.8. The van der Waals surface area contributed by atoms with E-state index in [0.29, 0.717) is 26.4 Å². The van der Waals surface area contributed by atoms with Gasteiger partial charge in [-0.2, -0.15) is 0 Å². The largest absolute Gasteiger partial charge is 0.487 e. The third-order valence-electron chi connectivity index (χ3n) is 3.73. The van der Waals surface area contributed by atoms with Gasteiger partial charge in [-0.15, -0.1) is 0 Å². The fourth-order valence-electron chi connectivity index (χ4n) is 2.26. The number of rotatable bonds is 2. The molecule has 0 spiro atoms. The van der Waals surface area contributed by atoms with Crippen LogP contribution in [0.15, 0.2) is 24.3 Å². The van der Waals surface area contributed by atoms with Gasteiger partial charge >= 0.3 is 17.5 Å². The topological polar surface area (TPSA) is 130 Å². The molecule has 1 aromatic carbocycles. The van der Waals surface area contributed by atoms with Gasteiger partial charge in [0.25, 0.3) is 0 Å². The predicted molar refractivity (Wildman–Crippen MR) is 93.8 cm³/mol. The molecule has 1 aliphatic heterocycles. The van der Waals surface area contributed by atoms with Gasteiger partial charge in [-0.3, -0.25) is 0 Å². The molecule has 28 heavy (non-hydrogen) atoms. The van der Waals surface area contributed by atoms with Crippen LogP contribution in [-0.4, -0.2) is 87.2 Å². The first-order valence-corrected chi connectivity index (χ1v) is 8.75. The Bertz CT molecular complexity index is 619. The van der Waals surface area contributed by atoms with Crippen LogP contribution in [0.4, 0.5) is 0 Å². The van der Waals surface area contributed by atoms with Gasteiger partial charge < -0.3 is 38.6 Å². The van der Waals surface area contributed by atoms with Crippen LogP contribution in [0.25, 0.3) is 0 Å². The van der Waals surface area contributed by atoms with Gasteiger partial charge in [0.1, 0.15) is 13.2 Å². The summed E-state index contributed by atoms with van der Waals surface area (Å²) in [5.74, 6) is -3.22. The Kier molecular flexibility index (Phi) is 8.95. The van der Waals surface area contributed by atoms with Crippen LogP contribution in [0.3, 0.4) is 0 Å². The second kappa shape index (κ2) is 11.4. The average Bonchev–Trinajstić information content (AvgIpc) is 2.67. The molecule has 156 valence electrons. The van der Waals surface area contributed by atoms with Crippen LogP contribution in [0.1, 0.15) is 0 Å². The molecule has 0 atom stereocenters. The van der Waals surface area contributed by atoms with Crippen LogP contribution in [-0.2, 0) is 28.5 Å². The number of ether oxygens (including phenoxy) is 6. The van der Waals surface area contributed by atoms with Crippen LogP contribution in [0.2, 0.25) is 0 Å². The molecule has 0 radical (unpaired) electrons. The lowest BCUT2D eigenvalue weighted by molar-refractivity contribution is -0.179. The quantitative estimate of drug-likeness (QED) is 0.674. The normalized spacial score (nSPS) is 19.7. The van der Waals surface area contributed by atoms with Crippen molar-refractivity contribution >= 4 is 11.9 Å². The van der Waals surface area contributed by atoms with E-state index >= 15 is 0 Å². The zero-order valence-electron chi connectivity index (χ0n) is 15.3. The minimum absolute atomic E-state index is 0.00702. The minimum Gasteiger partial charge on any atom is -0.487 e. The summed E-state index contributed by atoms with van der Waals surface area (Å²) in [4.78, 5) is 23.5. The summed E-state index contributed by atoms with van der Waals surface area (Å²) in [5.41, 5.74) is -2.63. The van der Waals surface area contributed by atoms with Gasteiger partial charge in [0.2, 0.25) is 0 Å². The first-order valence-electron chi connectivity index (χ1n) is 8.75. The molecule has 0 saturated heterocycles. The molecular weight excluding hydrogens is 376 g/mol. The van der Waals surface area contributed by atoms with Crippen molar-refractivity contribution < 1.29 is 48.2 Å². The van der Waals surface area contributed by atoms with Crippen molar-refractivity contribution in [2.24, 2.45) is 0 Å². The van der Waals surface area contributed by atoms with E-state index in [0.717, 1.165) is 0 Å². The van der Waals surface area contributed by atoms with E-state index in [1.54, 1.807) is 18.2 Å². The van der Waals surface area contributed by atoms with Crippen LogP contribution >= 0.6 is 0 Å². The number of hydrogen-bond acceptors (Lipinski definition) is 8. The molecular formula is C18H24O10. The number of carboxylic acids is 2. The molecule has 0 unspecified atom stereocenters. The molecule has 0 aliphatic carbocycles. The van der Waals surface area contributed by atoms with E-state index in [4.69, 9.17) is 28.4 Å². The second-order valence-corrected chi connectivity index (χ2v) is 5.72. The maximum atomic E-state index is 11.8. The fraction of sp³-hybridized carbons (Fsp3) is 0.556. The van der Waals surface area contributed by atoms with Gasteiger partial charge in [-0.05, 0) is 12.1 Å². The molecule has 10 nitrogen and oxygen atoms in total. The van der Waals surface area contributed by atoms with Crippen molar-refractivity contribution in [1.29, 1.82) is 0 Å². The zero-order chi connectivity index (χ0) is 20.2. The van der Waals surface area contributed by atoms with E-state index < -0.39 is 24.1 Å². The highest BCUT2D eigenvalue weighted by molar-refractivity contribution is 6.02. The molecule has 0 amide bonds. The number of benzene rings is 1. The molecule has 0 aromatic heterocycles. The summed E-state index contributed by atoms with van der Waals surface area (Å²) < 4.78 is 32.1. The Balaban J connectivity index is 2.18. The predicted octanol–water partition coefficient (Wildman–Crippen LogP) is 0.432. The smallest absolute Gasteiger partial charge is 0.362 e. The van der Waals surface area contributed by atoms with Crippen molar-refractivity contribution in [2.75, 3.05) is 59.5 Å². The Labute approximate surface area is 161 Å². The first kappa shape index (κ1) is 21.9. The second-order valence-electron chi connectivity index (χ2n) is 5.72. The standard InChI is InChI=1S/C18H24O10/c19-16(20)18(17(21)22)13-26-10-9-24-6-5-23-7-8-25-11-12-27-14-3-1-2-4-15(14)28-18/h1-4H,5-13H2,(H,19,20)(H,21,22). The molecule has 2 rings (SSSR count). The Hall–Kier alpha value is -2.40. The molecule has 1 aromatic rings. The average molecular weight is 400 g/mol. The molecule has 0 fully saturated rings. The van der Waals surface area contributed by atoms with Gasteiger partial charge in [0.05, 0.1) is 46.2 Å². The van der Waals surface area contributed by atoms with Gasteiger partial charge in [0, 0.05) is 0 Å². The van der Waals surface area contributed by atoms with Crippen molar-refractivity contribution in [1.82, 2.24) is 0 Å². The highest BCUT2D eigenvalue weighted by Crippen LogP contribution is 2.30. The summed E-state index contributed by atoms with van der Waals surface area (Å²) in [6, 6.07) is 6.19.